The van der Waals surface area contributed by atoms with Crippen molar-refractivity contribution in [2.75, 3.05) is 13.1 Å². The number of nitrogens with zero attached hydrogens (tertiary/aromatic N) is 3. The molecule has 1 aromatic carbocycles. The van der Waals surface area contributed by atoms with Gasteiger partial charge in [-0.15, -0.1) is 0 Å². The van der Waals surface area contributed by atoms with Gasteiger partial charge in [-0.1, -0.05) is 25.1 Å². The van der Waals surface area contributed by atoms with Gasteiger partial charge >= 0.3 is 0 Å². The summed E-state index contributed by atoms with van der Waals surface area (Å²) in [6, 6.07) is 10.7. The number of hydrogen-bond donors (Lipinski definition) is 1. The highest BCUT2D eigenvalue weighted by atomic mass is 15.3. The van der Waals surface area contributed by atoms with Crippen molar-refractivity contribution >= 4 is 0 Å². The Morgan fingerprint density at radius 1 is 1.25 bits per heavy atom. The molecule has 3 rings (SSSR count). The minimum Gasteiger partial charge on any atom is -0.326 e. The molecule has 1 fully saturated rings. The Morgan fingerprint density at radius 2 is 2.05 bits per heavy atom. The van der Waals surface area contributed by atoms with Gasteiger partial charge in [0.2, 0.25) is 0 Å². The second-order valence-electron chi connectivity index (χ2n) is 5.86. The van der Waals surface area contributed by atoms with Crippen LogP contribution in [0.25, 0.3) is 5.69 Å². The molecule has 1 saturated heterocycles. The lowest BCUT2D eigenvalue weighted by Gasteiger charge is -2.17. The third-order valence-corrected chi connectivity index (χ3v) is 4.20. The van der Waals surface area contributed by atoms with E-state index < -0.39 is 0 Å². The van der Waals surface area contributed by atoms with Crippen molar-refractivity contribution in [1.82, 2.24) is 14.7 Å². The molecule has 0 radical (unpaired) electrons. The minimum atomic E-state index is 0.296. The maximum Gasteiger partial charge on any atom is 0.0678 e. The molecule has 0 spiro atoms. The average Bonchev–Trinajstić information content (AvgIpc) is 2.98. The molecule has 2 N–H and O–H groups in total. The Balaban J connectivity index is 1.83. The van der Waals surface area contributed by atoms with Gasteiger partial charge < -0.3 is 5.73 Å². The lowest BCUT2D eigenvalue weighted by Crippen LogP contribution is -2.28. The van der Waals surface area contributed by atoms with E-state index in [-0.39, 0.29) is 0 Å². The van der Waals surface area contributed by atoms with Crippen molar-refractivity contribution in [1.29, 1.82) is 0 Å². The molecule has 1 aliphatic heterocycles. The van der Waals surface area contributed by atoms with Gasteiger partial charge in [-0.25, -0.2) is 4.68 Å². The van der Waals surface area contributed by atoms with E-state index in [1.165, 1.54) is 11.3 Å². The standard InChI is InChI=1S/C16H22N4/c1-12-5-3-4-6-16(12)20-14(7-8-18-20)10-19-9-13(2)15(17)11-19/h3-8,13,15H,9-11,17H2,1-2H3. The first kappa shape index (κ1) is 13.3. The molecule has 0 bridgehead atoms. The van der Waals surface area contributed by atoms with Crippen molar-refractivity contribution in [2.24, 2.45) is 11.7 Å². The number of benzene rings is 1. The van der Waals surface area contributed by atoms with Gasteiger partial charge in [0.05, 0.1) is 11.4 Å². The Bertz CT molecular complexity index is 580. The van der Waals surface area contributed by atoms with Gasteiger partial charge in [-0.05, 0) is 30.5 Å². The summed E-state index contributed by atoms with van der Waals surface area (Å²) >= 11 is 0. The first-order valence-corrected chi connectivity index (χ1v) is 7.22. The highest BCUT2D eigenvalue weighted by molar-refractivity contribution is 5.40. The van der Waals surface area contributed by atoms with Gasteiger partial charge in [0.15, 0.2) is 0 Å². The van der Waals surface area contributed by atoms with E-state index >= 15 is 0 Å². The Labute approximate surface area is 120 Å². The summed E-state index contributed by atoms with van der Waals surface area (Å²) in [6.45, 7) is 7.30. The number of para-hydroxylation sites is 1. The molecule has 2 heterocycles. The maximum atomic E-state index is 6.11. The first-order chi connectivity index (χ1) is 9.65. The monoisotopic (exact) mass is 270 g/mol. The van der Waals surface area contributed by atoms with Crippen LogP contribution in [0.1, 0.15) is 18.2 Å². The second kappa shape index (κ2) is 5.38. The number of aromatic nitrogens is 2. The van der Waals surface area contributed by atoms with Crippen molar-refractivity contribution < 1.29 is 0 Å². The largest absolute Gasteiger partial charge is 0.326 e. The zero-order chi connectivity index (χ0) is 14.1. The van der Waals surface area contributed by atoms with Crippen LogP contribution in [0.3, 0.4) is 0 Å². The molecule has 0 amide bonds. The highest BCUT2D eigenvalue weighted by Gasteiger charge is 2.27. The zero-order valence-corrected chi connectivity index (χ0v) is 12.2. The van der Waals surface area contributed by atoms with Gasteiger partial charge in [-0.3, -0.25) is 4.90 Å². The molecule has 2 aromatic rings. The lowest BCUT2D eigenvalue weighted by atomic mass is 10.1. The topological polar surface area (TPSA) is 47.1 Å². The first-order valence-electron chi connectivity index (χ1n) is 7.22. The summed E-state index contributed by atoms with van der Waals surface area (Å²) in [5, 5.41) is 4.49. The van der Waals surface area contributed by atoms with Crippen LogP contribution in [0.2, 0.25) is 0 Å². The van der Waals surface area contributed by atoms with E-state index in [2.05, 4.69) is 54.2 Å². The van der Waals surface area contributed by atoms with Crippen LogP contribution in [0.4, 0.5) is 0 Å². The predicted octanol–water partition coefficient (Wildman–Crippen LogP) is 1.96. The molecule has 2 unspecified atom stereocenters. The molecule has 4 heteroatoms. The van der Waals surface area contributed by atoms with Crippen molar-refractivity contribution in [3.8, 4) is 5.69 Å². The van der Waals surface area contributed by atoms with E-state index in [1.807, 2.05) is 10.9 Å². The fourth-order valence-corrected chi connectivity index (χ4v) is 2.92. The number of aryl methyl sites for hydroxylation is 1. The van der Waals surface area contributed by atoms with Gasteiger partial charge in [0.25, 0.3) is 0 Å². The fraction of sp³-hybridized carbons (Fsp3) is 0.438. The summed E-state index contributed by atoms with van der Waals surface area (Å²) in [4.78, 5) is 2.42. The van der Waals surface area contributed by atoms with Crippen LogP contribution >= 0.6 is 0 Å². The van der Waals surface area contributed by atoms with E-state index in [0.29, 0.717) is 12.0 Å². The third-order valence-electron chi connectivity index (χ3n) is 4.20. The minimum absolute atomic E-state index is 0.296. The van der Waals surface area contributed by atoms with Crippen LogP contribution < -0.4 is 5.73 Å². The zero-order valence-electron chi connectivity index (χ0n) is 12.2. The molecular weight excluding hydrogens is 248 g/mol. The van der Waals surface area contributed by atoms with E-state index in [0.717, 1.165) is 25.3 Å². The normalized spacial score (nSPS) is 23.4. The third kappa shape index (κ3) is 2.49. The summed E-state index contributed by atoms with van der Waals surface area (Å²) in [5.41, 5.74) is 9.73. The Hall–Kier alpha value is -1.65. The van der Waals surface area contributed by atoms with Crippen LogP contribution in [-0.2, 0) is 6.54 Å². The Morgan fingerprint density at radius 3 is 2.75 bits per heavy atom. The highest BCUT2D eigenvalue weighted by Crippen LogP contribution is 2.20. The number of hydrogen-bond acceptors (Lipinski definition) is 3. The summed E-state index contributed by atoms with van der Waals surface area (Å²) in [7, 11) is 0. The average molecular weight is 270 g/mol. The summed E-state index contributed by atoms with van der Waals surface area (Å²) in [6.07, 6.45) is 1.88. The SMILES string of the molecule is Cc1ccccc1-n1nccc1CN1CC(C)C(N)C1. The maximum absolute atomic E-state index is 6.11. The van der Waals surface area contributed by atoms with Crippen LogP contribution in [0.5, 0.6) is 0 Å². The van der Waals surface area contributed by atoms with Gasteiger partial charge in [0, 0.05) is 31.9 Å². The van der Waals surface area contributed by atoms with Crippen LogP contribution in [0.15, 0.2) is 36.5 Å². The summed E-state index contributed by atoms with van der Waals surface area (Å²) < 4.78 is 2.05. The number of likely N-dealkylation sites (tertiary alicyclic amines) is 1. The fourth-order valence-electron chi connectivity index (χ4n) is 2.92. The molecule has 0 saturated carbocycles. The molecule has 4 nitrogen and oxygen atoms in total. The smallest absolute Gasteiger partial charge is 0.0678 e. The van der Waals surface area contributed by atoms with Gasteiger partial charge in [0.1, 0.15) is 0 Å². The molecule has 1 aromatic heterocycles. The predicted molar refractivity (Wildman–Crippen MR) is 80.7 cm³/mol. The summed E-state index contributed by atoms with van der Waals surface area (Å²) in [5.74, 6) is 0.574. The number of rotatable bonds is 3. The number of nitrogens with two attached hydrogens (primary N) is 1. The van der Waals surface area contributed by atoms with Gasteiger partial charge in [-0.2, -0.15) is 5.10 Å². The van der Waals surface area contributed by atoms with Crippen LogP contribution in [0, 0.1) is 12.8 Å². The van der Waals surface area contributed by atoms with E-state index in [9.17, 15) is 0 Å². The van der Waals surface area contributed by atoms with E-state index in [1.54, 1.807) is 0 Å². The van der Waals surface area contributed by atoms with E-state index in [4.69, 9.17) is 5.73 Å². The second-order valence-corrected chi connectivity index (χ2v) is 5.86. The molecule has 0 aliphatic carbocycles. The quantitative estimate of drug-likeness (QED) is 0.927. The lowest BCUT2D eigenvalue weighted by molar-refractivity contribution is 0.312. The molecular formula is C16H22N4. The van der Waals surface area contributed by atoms with Crippen LogP contribution in [-0.4, -0.2) is 33.8 Å². The van der Waals surface area contributed by atoms with Crippen molar-refractivity contribution in [2.45, 2.75) is 26.4 Å². The van der Waals surface area contributed by atoms with Crippen molar-refractivity contribution in [3.05, 3.63) is 47.8 Å². The Kier molecular flexibility index (Phi) is 3.59. The molecule has 106 valence electrons. The van der Waals surface area contributed by atoms with Crippen molar-refractivity contribution in [3.63, 3.8) is 0 Å². The molecule has 20 heavy (non-hydrogen) atoms. The molecule has 2 atom stereocenters. The molecule has 1 aliphatic rings.